The molecule has 1 aliphatic rings. The molecule has 0 fully saturated rings. The standard InChI is InChI=1S/C19H24BrN3O7/c1-2-28-18(26)15(10-24)21-17(25)14(8-13-9-16(20)23-30-13)22-19(27)29-11-12-6-4-3-5-7-12/h3-7,13-15,24H,2,8-11H2,1H3,(H,21,25)(H,22,27)/t13?,14-,15-/m0/s1. The highest BCUT2D eigenvalue weighted by Gasteiger charge is 2.32. The number of hydrogen-bond donors (Lipinski definition) is 3. The second-order valence-corrected chi connectivity index (χ2v) is 7.30. The molecule has 1 unspecified atom stereocenters. The molecule has 2 amide bonds. The van der Waals surface area contributed by atoms with Crippen molar-refractivity contribution in [2.24, 2.45) is 5.16 Å². The number of carbonyl (C=O) groups is 3. The highest BCUT2D eigenvalue weighted by molar-refractivity contribution is 9.18. The van der Waals surface area contributed by atoms with E-state index in [1.165, 1.54) is 0 Å². The summed E-state index contributed by atoms with van der Waals surface area (Å²) in [6, 6.07) is 6.71. The van der Waals surface area contributed by atoms with E-state index in [0.717, 1.165) is 5.56 Å². The quantitative estimate of drug-likeness (QED) is 0.423. The Morgan fingerprint density at radius 1 is 1.23 bits per heavy atom. The van der Waals surface area contributed by atoms with Gasteiger partial charge in [0, 0.05) is 12.8 Å². The van der Waals surface area contributed by atoms with Gasteiger partial charge in [-0.1, -0.05) is 35.5 Å². The first kappa shape index (κ1) is 23.6. The van der Waals surface area contributed by atoms with Gasteiger partial charge in [-0.3, -0.25) is 4.79 Å². The maximum absolute atomic E-state index is 12.7. The lowest BCUT2D eigenvalue weighted by Crippen LogP contribution is -2.54. The first-order chi connectivity index (χ1) is 14.4. The molecular formula is C19H24BrN3O7. The van der Waals surface area contributed by atoms with Crippen LogP contribution in [0.4, 0.5) is 4.79 Å². The molecule has 1 aromatic carbocycles. The van der Waals surface area contributed by atoms with Gasteiger partial charge in [-0.15, -0.1) is 0 Å². The summed E-state index contributed by atoms with van der Waals surface area (Å²) >= 11 is 3.21. The lowest BCUT2D eigenvalue weighted by Gasteiger charge is -2.22. The third-order valence-corrected chi connectivity index (χ3v) is 4.56. The number of oxime groups is 1. The fourth-order valence-electron chi connectivity index (χ4n) is 2.62. The number of aliphatic hydroxyl groups is 1. The van der Waals surface area contributed by atoms with E-state index in [1.54, 1.807) is 19.1 Å². The number of hydrogen-bond acceptors (Lipinski definition) is 8. The number of esters is 1. The molecule has 30 heavy (non-hydrogen) atoms. The second kappa shape index (κ2) is 12.1. The minimum absolute atomic E-state index is 0.0255. The van der Waals surface area contributed by atoms with Gasteiger partial charge < -0.3 is 30.1 Å². The molecule has 2 rings (SSSR count). The Kier molecular flexibility index (Phi) is 9.55. The SMILES string of the molecule is CCOC(=O)[C@H](CO)NC(=O)[C@H](CC1CC(Br)=NO1)NC(=O)OCc1ccccc1. The number of aliphatic hydroxyl groups excluding tert-OH is 1. The van der Waals surface area contributed by atoms with Crippen LogP contribution in [0, 0.1) is 0 Å². The summed E-state index contributed by atoms with van der Waals surface area (Å²) in [6.45, 7) is 1.08. The molecule has 1 aromatic rings. The summed E-state index contributed by atoms with van der Waals surface area (Å²) in [6.07, 6.45) is -0.772. The molecule has 0 saturated heterocycles. The third kappa shape index (κ3) is 7.64. The van der Waals surface area contributed by atoms with Crippen LogP contribution < -0.4 is 10.6 Å². The van der Waals surface area contributed by atoms with Crippen molar-refractivity contribution in [2.45, 2.75) is 44.6 Å². The minimum atomic E-state index is -1.26. The van der Waals surface area contributed by atoms with Gasteiger partial charge in [0.15, 0.2) is 6.04 Å². The zero-order valence-corrected chi connectivity index (χ0v) is 18.0. The molecule has 0 aliphatic carbocycles. The van der Waals surface area contributed by atoms with Crippen LogP contribution >= 0.6 is 15.9 Å². The third-order valence-electron chi connectivity index (χ3n) is 4.09. The zero-order chi connectivity index (χ0) is 21.9. The number of carbonyl (C=O) groups excluding carboxylic acids is 3. The number of rotatable bonds is 10. The average Bonchev–Trinajstić information content (AvgIpc) is 3.15. The Morgan fingerprint density at radius 2 is 1.97 bits per heavy atom. The molecule has 0 aromatic heterocycles. The molecule has 0 spiro atoms. The largest absolute Gasteiger partial charge is 0.464 e. The van der Waals surface area contributed by atoms with Crippen LogP contribution in [-0.2, 0) is 30.5 Å². The monoisotopic (exact) mass is 485 g/mol. The predicted molar refractivity (Wildman–Crippen MR) is 110 cm³/mol. The van der Waals surface area contributed by atoms with Gasteiger partial charge in [0.2, 0.25) is 5.91 Å². The number of benzene rings is 1. The molecule has 0 radical (unpaired) electrons. The lowest BCUT2D eigenvalue weighted by atomic mass is 10.1. The first-order valence-electron chi connectivity index (χ1n) is 9.36. The lowest BCUT2D eigenvalue weighted by molar-refractivity contribution is -0.148. The van der Waals surface area contributed by atoms with Gasteiger partial charge in [-0.2, -0.15) is 0 Å². The number of nitrogens with zero attached hydrogens (tertiary/aromatic N) is 1. The van der Waals surface area contributed by atoms with E-state index in [0.29, 0.717) is 11.0 Å². The highest BCUT2D eigenvalue weighted by Crippen LogP contribution is 2.19. The van der Waals surface area contributed by atoms with Crippen LogP contribution in [0.25, 0.3) is 0 Å². The number of alkyl carbamates (subject to hydrolysis) is 1. The summed E-state index contributed by atoms with van der Waals surface area (Å²) in [7, 11) is 0. The summed E-state index contributed by atoms with van der Waals surface area (Å²) < 4.78 is 10.6. The maximum Gasteiger partial charge on any atom is 0.408 e. The molecular weight excluding hydrogens is 462 g/mol. The van der Waals surface area contributed by atoms with Crippen molar-refractivity contribution >= 4 is 38.5 Å². The fraction of sp³-hybridized carbons (Fsp3) is 0.474. The van der Waals surface area contributed by atoms with Crippen molar-refractivity contribution in [1.82, 2.24) is 10.6 Å². The van der Waals surface area contributed by atoms with E-state index in [1.807, 2.05) is 18.2 Å². The number of nitrogens with one attached hydrogen (secondary N) is 2. The average molecular weight is 486 g/mol. The van der Waals surface area contributed by atoms with Crippen LogP contribution in [0.2, 0.25) is 0 Å². The Hall–Kier alpha value is -2.66. The summed E-state index contributed by atoms with van der Waals surface area (Å²) in [5.74, 6) is -1.47. The first-order valence-corrected chi connectivity index (χ1v) is 10.2. The van der Waals surface area contributed by atoms with Crippen LogP contribution in [0.1, 0.15) is 25.3 Å². The Labute approximate surface area is 182 Å². The van der Waals surface area contributed by atoms with Crippen molar-refractivity contribution in [3.63, 3.8) is 0 Å². The van der Waals surface area contributed by atoms with Gasteiger partial charge in [-0.05, 0) is 28.4 Å². The fourth-order valence-corrected chi connectivity index (χ4v) is 3.06. The van der Waals surface area contributed by atoms with Gasteiger partial charge in [0.1, 0.15) is 23.4 Å². The topological polar surface area (TPSA) is 136 Å². The van der Waals surface area contributed by atoms with E-state index < -0.39 is 42.8 Å². The van der Waals surface area contributed by atoms with Gasteiger partial charge in [0.05, 0.1) is 13.2 Å². The normalized spacial score (nSPS) is 17.2. The highest BCUT2D eigenvalue weighted by atomic mass is 79.9. The van der Waals surface area contributed by atoms with Crippen molar-refractivity contribution in [3.05, 3.63) is 35.9 Å². The molecule has 0 bridgehead atoms. The molecule has 11 heteroatoms. The van der Waals surface area contributed by atoms with Crippen LogP contribution in [-0.4, -0.2) is 59.1 Å². The van der Waals surface area contributed by atoms with E-state index >= 15 is 0 Å². The summed E-state index contributed by atoms with van der Waals surface area (Å²) in [5.41, 5.74) is 0.785. The van der Waals surface area contributed by atoms with E-state index in [2.05, 4.69) is 31.7 Å². The Bertz CT molecular complexity index is 760. The molecule has 1 aliphatic heterocycles. The van der Waals surface area contributed by atoms with Gasteiger partial charge in [0.25, 0.3) is 0 Å². The van der Waals surface area contributed by atoms with Crippen LogP contribution in [0.3, 0.4) is 0 Å². The Balaban J connectivity index is 1.98. The van der Waals surface area contributed by atoms with Crippen molar-refractivity contribution in [1.29, 1.82) is 0 Å². The van der Waals surface area contributed by atoms with E-state index in [9.17, 15) is 19.5 Å². The molecule has 164 valence electrons. The minimum Gasteiger partial charge on any atom is -0.464 e. The smallest absolute Gasteiger partial charge is 0.408 e. The molecule has 3 atom stereocenters. The zero-order valence-electron chi connectivity index (χ0n) is 16.4. The number of amides is 2. The summed E-state index contributed by atoms with van der Waals surface area (Å²) in [4.78, 5) is 42.0. The predicted octanol–water partition coefficient (Wildman–Crippen LogP) is 1.21. The van der Waals surface area contributed by atoms with E-state index in [4.69, 9.17) is 14.3 Å². The van der Waals surface area contributed by atoms with Gasteiger partial charge >= 0.3 is 12.1 Å². The maximum atomic E-state index is 12.7. The Morgan fingerprint density at radius 3 is 2.57 bits per heavy atom. The van der Waals surface area contributed by atoms with Crippen molar-refractivity contribution in [3.8, 4) is 0 Å². The molecule has 10 nitrogen and oxygen atoms in total. The second-order valence-electron chi connectivity index (χ2n) is 6.39. The van der Waals surface area contributed by atoms with Crippen molar-refractivity contribution < 1.29 is 33.8 Å². The molecule has 1 heterocycles. The number of halogens is 1. The van der Waals surface area contributed by atoms with Gasteiger partial charge in [-0.25, -0.2) is 9.59 Å². The summed E-state index contributed by atoms with van der Waals surface area (Å²) in [5, 5.41) is 18.0. The van der Waals surface area contributed by atoms with E-state index in [-0.39, 0.29) is 19.6 Å². The molecule has 3 N–H and O–H groups in total. The van der Waals surface area contributed by atoms with Crippen LogP contribution in [0.15, 0.2) is 35.5 Å². The van der Waals surface area contributed by atoms with Crippen LogP contribution in [0.5, 0.6) is 0 Å². The number of ether oxygens (including phenoxy) is 2. The van der Waals surface area contributed by atoms with Crippen molar-refractivity contribution in [2.75, 3.05) is 13.2 Å². The molecule has 0 saturated carbocycles.